The molecule has 2 rings (SSSR count). The standard InChI is InChI=1S/C13H13ClFNO/c1-2-16-13(9-6-7-17-8-9)10-4-3-5-11(14)12(10)15/h3-8,13,16H,2H2,1H3. The smallest absolute Gasteiger partial charge is 0.146 e. The van der Waals surface area contributed by atoms with E-state index < -0.39 is 0 Å². The molecule has 2 aromatic rings. The lowest BCUT2D eigenvalue weighted by molar-refractivity contribution is 0.538. The summed E-state index contributed by atoms with van der Waals surface area (Å²) in [7, 11) is 0. The molecule has 1 aromatic carbocycles. The molecule has 0 bridgehead atoms. The van der Waals surface area contributed by atoms with Crippen molar-refractivity contribution in [2.45, 2.75) is 13.0 Å². The Morgan fingerprint density at radius 3 is 2.88 bits per heavy atom. The van der Waals surface area contributed by atoms with Gasteiger partial charge in [0, 0.05) is 11.1 Å². The molecule has 0 saturated carbocycles. The largest absolute Gasteiger partial charge is 0.472 e. The molecule has 1 heterocycles. The molecule has 1 unspecified atom stereocenters. The summed E-state index contributed by atoms with van der Waals surface area (Å²) in [5.41, 5.74) is 1.41. The van der Waals surface area contributed by atoms with Crippen LogP contribution in [0.1, 0.15) is 24.1 Å². The minimum atomic E-state index is -0.388. The van der Waals surface area contributed by atoms with E-state index in [1.54, 1.807) is 30.7 Å². The average molecular weight is 254 g/mol. The van der Waals surface area contributed by atoms with Crippen molar-refractivity contribution in [3.63, 3.8) is 0 Å². The minimum Gasteiger partial charge on any atom is -0.472 e. The van der Waals surface area contributed by atoms with Crippen LogP contribution < -0.4 is 5.32 Å². The summed E-state index contributed by atoms with van der Waals surface area (Å²) >= 11 is 5.79. The van der Waals surface area contributed by atoms with Gasteiger partial charge in [-0.15, -0.1) is 0 Å². The maximum absolute atomic E-state index is 14.0. The summed E-state index contributed by atoms with van der Waals surface area (Å²) in [5.74, 6) is -0.388. The van der Waals surface area contributed by atoms with Crippen molar-refractivity contribution in [3.8, 4) is 0 Å². The Hall–Kier alpha value is -1.32. The number of nitrogens with one attached hydrogen (secondary N) is 1. The third-order valence-electron chi connectivity index (χ3n) is 2.58. The predicted octanol–water partition coefficient (Wildman–Crippen LogP) is 3.77. The molecule has 17 heavy (non-hydrogen) atoms. The number of hydrogen-bond donors (Lipinski definition) is 1. The number of rotatable bonds is 4. The lowest BCUT2D eigenvalue weighted by Crippen LogP contribution is -2.22. The van der Waals surface area contributed by atoms with Gasteiger partial charge in [0.1, 0.15) is 5.82 Å². The van der Waals surface area contributed by atoms with Crippen molar-refractivity contribution < 1.29 is 8.81 Å². The van der Waals surface area contributed by atoms with Gasteiger partial charge in [-0.2, -0.15) is 0 Å². The van der Waals surface area contributed by atoms with Crippen LogP contribution in [-0.2, 0) is 0 Å². The summed E-state index contributed by atoms with van der Waals surface area (Å²) in [6.07, 6.45) is 3.18. The molecule has 0 aliphatic rings. The molecule has 0 amide bonds. The highest BCUT2D eigenvalue weighted by Crippen LogP contribution is 2.28. The Labute approximate surface area is 104 Å². The topological polar surface area (TPSA) is 25.2 Å². The van der Waals surface area contributed by atoms with Crippen LogP contribution in [0.3, 0.4) is 0 Å². The summed E-state index contributed by atoms with van der Waals surface area (Å²) in [6, 6.07) is 6.58. The lowest BCUT2D eigenvalue weighted by Gasteiger charge is -2.17. The zero-order valence-electron chi connectivity index (χ0n) is 9.41. The molecule has 2 nitrogen and oxygen atoms in total. The molecule has 0 fully saturated rings. The van der Waals surface area contributed by atoms with Crippen molar-refractivity contribution >= 4 is 11.6 Å². The van der Waals surface area contributed by atoms with Crippen LogP contribution in [0.15, 0.2) is 41.2 Å². The first-order valence-corrected chi connectivity index (χ1v) is 5.81. The van der Waals surface area contributed by atoms with Crippen LogP contribution >= 0.6 is 11.6 Å². The molecule has 1 aromatic heterocycles. The fourth-order valence-corrected chi connectivity index (χ4v) is 1.98. The Kier molecular flexibility index (Phi) is 3.82. The van der Waals surface area contributed by atoms with E-state index >= 15 is 0 Å². The van der Waals surface area contributed by atoms with Crippen LogP contribution in [0.2, 0.25) is 5.02 Å². The highest BCUT2D eigenvalue weighted by atomic mass is 35.5. The van der Waals surface area contributed by atoms with Gasteiger partial charge in [-0.05, 0) is 18.7 Å². The molecular formula is C13H13ClFNO. The SMILES string of the molecule is CCNC(c1ccoc1)c1cccc(Cl)c1F. The van der Waals surface area contributed by atoms with Crippen LogP contribution in [0.5, 0.6) is 0 Å². The zero-order chi connectivity index (χ0) is 12.3. The normalized spacial score (nSPS) is 12.6. The summed E-state index contributed by atoms with van der Waals surface area (Å²) in [6.45, 7) is 2.69. The van der Waals surface area contributed by atoms with E-state index in [0.29, 0.717) is 5.56 Å². The van der Waals surface area contributed by atoms with E-state index in [-0.39, 0.29) is 16.9 Å². The van der Waals surface area contributed by atoms with Gasteiger partial charge in [0.2, 0.25) is 0 Å². The quantitative estimate of drug-likeness (QED) is 0.897. The highest BCUT2D eigenvalue weighted by molar-refractivity contribution is 6.30. The maximum Gasteiger partial charge on any atom is 0.146 e. The Morgan fingerprint density at radius 2 is 2.24 bits per heavy atom. The molecule has 90 valence electrons. The van der Waals surface area contributed by atoms with Crippen molar-refractivity contribution in [2.75, 3.05) is 6.54 Å². The minimum absolute atomic E-state index is 0.133. The first-order valence-electron chi connectivity index (χ1n) is 5.43. The Bertz CT molecular complexity index is 484. The van der Waals surface area contributed by atoms with Crippen LogP contribution in [0.4, 0.5) is 4.39 Å². The number of benzene rings is 1. The summed E-state index contributed by atoms with van der Waals surface area (Å²) in [4.78, 5) is 0. The van der Waals surface area contributed by atoms with Gasteiger partial charge in [0.15, 0.2) is 0 Å². The van der Waals surface area contributed by atoms with E-state index in [1.807, 2.05) is 13.0 Å². The maximum atomic E-state index is 14.0. The third-order valence-corrected chi connectivity index (χ3v) is 2.87. The van der Waals surface area contributed by atoms with Gasteiger partial charge in [-0.1, -0.05) is 30.7 Å². The van der Waals surface area contributed by atoms with Crippen molar-refractivity contribution in [1.29, 1.82) is 0 Å². The predicted molar refractivity (Wildman–Crippen MR) is 65.6 cm³/mol. The monoisotopic (exact) mass is 253 g/mol. The number of hydrogen-bond acceptors (Lipinski definition) is 2. The van der Waals surface area contributed by atoms with Gasteiger partial charge in [-0.25, -0.2) is 4.39 Å². The number of halogens is 2. The number of furan rings is 1. The molecular weight excluding hydrogens is 241 g/mol. The molecule has 1 N–H and O–H groups in total. The summed E-state index contributed by atoms with van der Waals surface area (Å²) in [5, 5.41) is 3.34. The van der Waals surface area contributed by atoms with Gasteiger partial charge in [-0.3, -0.25) is 0 Å². The fraction of sp³-hybridized carbons (Fsp3) is 0.231. The van der Waals surface area contributed by atoms with Crippen molar-refractivity contribution in [3.05, 3.63) is 58.8 Å². The molecule has 0 radical (unpaired) electrons. The Morgan fingerprint density at radius 1 is 1.41 bits per heavy atom. The van der Waals surface area contributed by atoms with E-state index in [0.717, 1.165) is 12.1 Å². The van der Waals surface area contributed by atoms with E-state index in [9.17, 15) is 4.39 Å². The summed E-state index contributed by atoms with van der Waals surface area (Å²) < 4.78 is 19.0. The van der Waals surface area contributed by atoms with Gasteiger partial charge in [0.25, 0.3) is 0 Å². The second kappa shape index (κ2) is 5.34. The van der Waals surface area contributed by atoms with Crippen LogP contribution in [-0.4, -0.2) is 6.54 Å². The second-order valence-electron chi connectivity index (χ2n) is 3.69. The molecule has 0 spiro atoms. The third kappa shape index (κ3) is 2.51. The average Bonchev–Trinajstić information content (AvgIpc) is 2.84. The van der Waals surface area contributed by atoms with E-state index in [1.165, 1.54) is 0 Å². The molecule has 0 aliphatic carbocycles. The van der Waals surface area contributed by atoms with Crippen molar-refractivity contribution in [1.82, 2.24) is 5.32 Å². The molecule has 1 atom stereocenters. The molecule has 0 saturated heterocycles. The van der Waals surface area contributed by atoms with E-state index in [2.05, 4.69) is 5.32 Å². The van der Waals surface area contributed by atoms with E-state index in [4.69, 9.17) is 16.0 Å². The Balaban J connectivity index is 2.43. The first-order chi connectivity index (χ1) is 8.24. The lowest BCUT2D eigenvalue weighted by atomic mass is 10.0. The fourth-order valence-electron chi connectivity index (χ4n) is 1.79. The van der Waals surface area contributed by atoms with Gasteiger partial charge < -0.3 is 9.73 Å². The molecule has 4 heteroatoms. The van der Waals surface area contributed by atoms with Gasteiger partial charge in [0.05, 0.1) is 23.6 Å². The van der Waals surface area contributed by atoms with Gasteiger partial charge >= 0.3 is 0 Å². The highest BCUT2D eigenvalue weighted by Gasteiger charge is 2.19. The van der Waals surface area contributed by atoms with Crippen molar-refractivity contribution in [2.24, 2.45) is 0 Å². The van der Waals surface area contributed by atoms with Crippen LogP contribution in [0.25, 0.3) is 0 Å². The van der Waals surface area contributed by atoms with Crippen LogP contribution in [0, 0.1) is 5.82 Å². The molecule has 0 aliphatic heterocycles. The second-order valence-corrected chi connectivity index (χ2v) is 4.10. The zero-order valence-corrected chi connectivity index (χ0v) is 10.2. The first kappa shape index (κ1) is 12.1.